The number of nitrogens with zero attached hydrogens (tertiary/aromatic N) is 4. The highest BCUT2D eigenvalue weighted by Crippen LogP contribution is 2.26. The molecule has 3 aromatic carbocycles. The highest BCUT2D eigenvalue weighted by atomic mass is 16.5. The Balaban J connectivity index is 1.57. The predicted octanol–water partition coefficient (Wildman–Crippen LogP) is 4.12. The monoisotopic (exact) mass is 468 g/mol. The summed E-state index contributed by atoms with van der Waals surface area (Å²) in [5, 5.41) is 0.458. The molecule has 1 aliphatic heterocycles. The van der Waals surface area contributed by atoms with Gasteiger partial charge >= 0.3 is 5.97 Å². The standard InChI is InChI=1S/C28H28N4O3/c1-19-8-7-11-25(20(19)2)30-14-16-31(17-15-30)28-29-24-18-21(27(34)35-3)12-13-23(24)26(33)32(28)22-9-5-4-6-10-22/h4-13,18H,14-17H2,1-3H3. The first-order valence-electron chi connectivity index (χ1n) is 11.7. The van der Waals surface area contributed by atoms with E-state index < -0.39 is 5.97 Å². The molecule has 1 aromatic heterocycles. The lowest BCUT2D eigenvalue weighted by atomic mass is 10.1. The van der Waals surface area contributed by atoms with Gasteiger partial charge in [0.25, 0.3) is 5.56 Å². The van der Waals surface area contributed by atoms with Crippen molar-refractivity contribution in [2.24, 2.45) is 0 Å². The van der Waals surface area contributed by atoms with E-state index in [1.165, 1.54) is 23.9 Å². The summed E-state index contributed by atoms with van der Waals surface area (Å²) in [4.78, 5) is 35.2. The molecule has 0 unspecified atom stereocenters. The number of piperazine rings is 1. The van der Waals surface area contributed by atoms with Crippen LogP contribution >= 0.6 is 0 Å². The van der Waals surface area contributed by atoms with Crippen molar-refractivity contribution in [1.29, 1.82) is 0 Å². The molecule has 1 fully saturated rings. The molecule has 4 aromatic rings. The summed E-state index contributed by atoms with van der Waals surface area (Å²) < 4.78 is 6.54. The van der Waals surface area contributed by atoms with Gasteiger partial charge in [0.05, 0.1) is 29.3 Å². The Morgan fingerprint density at radius 1 is 0.886 bits per heavy atom. The highest BCUT2D eigenvalue weighted by Gasteiger charge is 2.24. The molecule has 178 valence electrons. The highest BCUT2D eigenvalue weighted by molar-refractivity contribution is 5.94. The molecule has 1 aliphatic rings. The smallest absolute Gasteiger partial charge is 0.337 e. The summed E-state index contributed by atoms with van der Waals surface area (Å²) >= 11 is 0. The van der Waals surface area contributed by atoms with Crippen LogP contribution in [0.15, 0.2) is 71.5 Å². The second-order valence-corrected chi connectivity index (χ2v) is 8.80. The molecular formula is C28H28N4O3. The van der Waals surface area contributed by atoms with Crippen molar-refractivity contribution >= 4 is 28.5 Å². The van der Waals surface area contributed by atoms with Crippen molar-refractivity contribution in [3.05, 3.63) is 93.8 Å². The van der Waals surface area contributed by atoms with Crippen molar-refractivity contribution in [2.75, 3.05) is 43.1 Å². The summed E-state index contributed by atoms with van der Waals surface area (Å²) in [5.74, 6) is 0.126. The second-order valence-electron chi connectivity index (χ2n) is 8.80. The molecule has 7 nitrogen and oxygen atoms in total. The Bertz CT molecular complexity index is 1450. The Morgan fingerprint density at radius 2 is 1.60 bits per heavy atom. The first-order chi connectivity index (χ1) is 17.0. The van der Waals surface area contributed by atoms with Gasteiger partial charge < -0.3 is 14.5 Å². The Hall–Kier alpha value is -4.13. The van der Waals surface area contributed by atoms with E-state index in [0.717, 1.165) is 31.9 Å². The van der Waals surface area contributed by atoms with Crippen LogP contribution in [0.2, 0.25) is 0 Å². The van der Waals surface area contributed by atoms with Crippen LogP contribution in [-0.2, 0) is 4.74 Å². The van der Waals surface area contributed by atoms with Crippen LogP contribution in [0.5, 0.6) is 0 Å². The van der Waals surface area contributed by atoms with Gasteiger partial charge in [-0.2, -0.15) is 0 Å². The second kappa shape index (κ2) is 9.25. The molecule has 0 atom stereocenters. The van der Waals surface area contributed by atoms with E-state index in [1.54, 1.807) is 22.8 Å². The van der Waals surface area contributed by atoms with Gasteiger partial charge in [-0.25, -0.2) is 14.3 Å². The number of rotatable bonds is 4. The largest absolute Gasteiger partial charge is 0.465 e. The van der Waals surface area contributed by atoms with E-state index in [0.29, 0.717) is 22.4 Å². The zero-order chi connectivity index (χ0) is 24.5. The molecule has 0 amide bonds. The fourth-order valence-corrected chi connectivity index (χ4v) is 4.67. The fraction of sp³-hybridized carbons (Fsp3) is 0.250. The van der Waals surface area contributed by atoms with Gasteiger partial charge in [-0.15, -0.1) is 0 Å². The number of carbonyl (C=O) groups excluding carboxylic acids is 1. The van der Waals surface area contributed by atoms with E-state index in [4.69, 9.17) is 9.72 Å². The SMILES string of the molecule is COC(=O)c1ccc2c(=O)n(-c3ccccc3)c(N3CCN(c4cccc(C)c4C)CC3)nc2c1. The number of esters is 1. The number of para-hydroxylation sites is 1. The van der Waals surface area contributed by atoms with Crippen LogP contribution in [-0.4, -0.2) is 48.8 Å². The number of fused-ring (bicyclic) bond motifs is 1. The predicted molar refractivity (Wildman–Crippen MR) is 139 cm³/mol. The number of methoxy groups -OCH3 is 1. The van der Waals surface area contributed by atoms with Crippen LogP contribution < -0.4 is 15.4 Å². The van der Waals surface area contributed by atoms with Crippen molar-refractivity contribution in [1.82, 2.24) is 9.55 Å². The van der Waals surface area contributed by atoms with E-state index in [-0.39, 0.29) is 5.56 Å². The van der Waals surface area contributed by atoms with Crippen molar-refractivity contribution in [2.45, 2.75) is 13.8 Å². The van der Waals surface area contributed by atoms with Crippen LogP contribution in [0, 0.1) is 13.8 Å². The average molecular weight is 469 g/mol. The maximum absolute atomic E-state index is 13.7. The number of carbonyl (C=O) groups is 1. The van der Waals surface area contributed by atoms with Gasteiger partial charge in [0.15, 0.2) is 0 Å². The molecule has 7 heteroatoms. The first kappa shape index (κ1) is 22.7. The van der Waals surface area contributed by atoms with E-state index in [1.807, 2.05) is 30.3 Å². The molecule has 1 saturated heterocycles. The van der Waals surface area contributed by atoms with Gasteiger partial charge in [0, 0.05) is 31.9 Å². The number of hydrogen-bond acceptors (Lipinski definition) is 6. The third-order valence-electron chi connectivity index (χ3n) is 6.77. The molecule has 0 N–H and O–H groups in total. The van der Waals surface area contributed by atoms with Gasteiger partial charge in [-0.1, -0.05) is 30.3 Å². The lowest BCUT2D eigenvalue weighted by molar-refractivity contribution is 0.0601. The maximum Gasteiger partial charge on any atom is 0.337 e. The van der Waals surface area contributed by atoms with Gasteiger partial charge in [-0.05, 0) is 61.4 Å². The molecule has 35 heavy (non-hydrogen) atoms. The normalized spacial score (nSPS) is 13.8. The quantitative estimate of drug-likeness (QED) is 0.420. The number of aromatic nitrogens is 2. The van der Waals surface area contributed by atoms with Gasteiger partial charge in [0.1, 0.15) is 0 Å². The van der Waals surface area contributed by atoms with E-state index in [2.05, 4.69) is 41.8 Å². The molecule has 0 saturated carbocycles. The molecule has 0 aliphatic carbocycles. The summed E-state index contributed by atoms with van der Waals surface area (Å²) in [6, 6.07) is 20.9. The third-order valence-corrected chi connectivity index (χ3v) is 6.77. The Labute approximate surface area is 204 Å². The van der Waals surface area contributed by atoms with Crippen LogP contribution in [0.4, 0.5) is 11.6 Å². The van der Waals surface area contributed by atoms with Crippen LogP contribution in [0.1, 0.15) is 21.5 Å². The number of hydrogen-bond donors (Lipinski definition) is 0. The minimum atomic E-state index is -0.454. The first-order valence-corrected chi connectivity index (χ1v) is 11.7. The van der Waals surface area contributed by atoms with Gasteiger partial charge in [-0.3, -0.25) is 4.79 Å². The zero-order valence-electron chi connectivity index (χ0n) is 20.2. The Morgan fingerprint density at radius 3 is 2.31 bits per heavy atom. The van der Waals surface area contributed by atoms with Crippen LogP contribution in [0.25, 0.3) is 16.6 Å². The van der Waals surface area contributed by atoms with Gasteiger partial charge in [0.2, 0.25) is 5.95 Å². The molecule has 0 spiro atoms. The van der Waals surface area contributed by atoms with Crippen molar-refractivity contribution in [3.63, 3.8) is 0 Å². The summed E-state index contributed by atoms with van der Waals surface area (Å²) in [7, 11) is 1.34. The molecule has 5 rings (SSSR count). The molecule has 0 bridgehead atoms. The van der Waals surface area contributed by atoms with Crippen LogP contribution in [0.3, 0.4) is 0 Å². The zero-order valence-corrected chi connectivity index (χ0v) is 20.2. The Kier molecular flexibility index (Phi) is 5.99. The number of ether oxygens (including phenoxy) is 1. The minimum Gasteiger partial charge on any atom is -0.465 e. The number of benzene rings is 3. The summed E-state index contributed by atoms with van der Waals surface area (Å²) in [5.41, 5.74) is 5.27. The minimum absolute atomic E-state index is 0.162. The maximum atomic E-state index is 13.7. The fourth-order valence-electron chi connectivity index (χ4n) is 4.67. The van der Waals surface area contributed by atoms with E-state index >= 15 is 0 Å². The number of anilines is 2. The lowest BCUT2D eigenvalue weighted by Crippen LogP contribution is -2.48. The van der Waals surface area contributed by atoms with Crippen molar-refractivity contribution < 1.29 is 9.53 Å². The summed E-state index contributed by atoms with van der Waals surface area (Å²) in [6.45, 7) is 7.36. The molecular weight excluding hydrogens is 440 g/mol. The summed E-state index contributed by atoms with van der Waals surface area (Å²) in [6.07, 6.45) is 0. The van der Waals surface area contributed by atoms with E-state index in [9.17, 15) is 9.59 Å². The molecule has 2 heterocycles. The average Bonchev–Trinajstić information content (AvgIpc) is 2.90. The topological polar surface area (TPSA) is 67.7 Å². The third kappa shape index (κ3) is 4.14. The molecule has 0 radical (unpaired) electrons. The van der Waals surface area contributed by atoms with Crippen molar-refractivity contribution in [3.8, 4) is 5.69 Å². The number of aryl methyl sites for hydroxylation is 1. The lowest BCUT2D eigenvalue weighted by Gasteiger charge is -2.38.